The molecular formula is C17H25N5OS. The highest BCUT2D eigenvalue weighted by molar-refractivity contribution is 7.18. The predicted octanol–water partition coefficient (Wildman–Crippen LogP) is 2.86. The molecule has 1 unspecified atom stereocenters. The molecule has 130 valence electrons. The first-order valence-corrected chi connectivity index (χ1v) is 9.38. The fourth-order valence-corrected chi connectivity index (χ4v) is 3.49. The van der Waals surface area contributed by atoms with Crippen molar-refractivity contribution in [3.05, 3.63) is 30.3 Å². The van der Waals surface area contributed by atoms with Crippen molar-refractivity contribution in [2.75, 3.05) is 37.2 Å². The van der Waals surface area contributed by atoms with Crippen molar-refractivity contribution in [2.45, 2.75) is 31.8 Å². The van der Waals surface area contributed by atoms with Gasteiger partial charge in [0.2, 0.25) is 10.3 Å². The van der Waals surface area contributed by atoms with Crippen LogP contribution in [0.15, 0.2) is 30.3 Å². The largest absolute Gasteiger partial charge is 0.489 e. The number of nitrogens with one attached hydrogen (secondary N) is 1. The molecule has 1 aliphatic heterocycles. The molecule has 1 aromatic carbocycles. The first kappa shape index (κ1) is 17.0. The number of likely N-dealkylation sites (tertiary alicyclic amines) is 1. The number of nitrogens with zero attached hydrogens (tertiary/aromatic N) is 3. The summed E-state index contributed by atoms with van der Waals surface area (Å²) in [6.07, 6.45) is 5.00. The molecule has 1 aliphatic rings. The number of hydrogen-bond donors (Lipinski definition) is 2. The monoisotopic (exact) mass is 347 g/mol. The molecule has 7 heteroatoms. The van der Waals surface area contributed by atoms with E-state index in [1.165, 1.54) is 43.7 Å². The first-order chi connectivity index (χ1) is 11.8. The maximum Gasteiger partial charge on any atom is 0.207 e. The Kier molecular flexibility index (Phi) is 6.26. The van der Waals surface area contributed by atoms with E-state index in [0.717, 1.165) is 30.4 Å². The van der Waals surface area contributed by atoms with E-state index in [0.29, 0.717) is 5.13 Å². The lowest BCUT2D eigenvalue weighted by molar-refractivity contribution is 0.115. The van der Waals surface area contributed by atoms with Crippen LogP contribution in [-0.4, -0.2) is 47.4 Å². The van der Waals surface area contributed by atoms with E-state index in [1.807, 2.05) is 30.3 Å². The smallest absolute Gasteiger partial charge is 0.207 e. The third-order valence-corrected chi connectivity index (χ3v) is 4.85. The van der Waals surface area contributed by atoms with Gasteiger partial charge in [0.25, 0.3) is 0 Å². The van der Waals surface area contributed by atoms with Gasteiger partial charge in [-0.05, 0) is 38.1 Å². The van der Waals surface area contributed by atoms with Gasteiger partial charge in [-0.1, -0.05) is 36.0 Å². The van der Waals surface area contributed by atoms with Crippen LogP contribution in [0, 0.1) is 0 Å². The van der Waals surface area contributed by atoms with E-state index in [2.05, 4.69) is 20.4 Å². The molecule has 1 atom stereocenters. The molecular weight excluding hydrogens is 322 g/mol. The first-order valence-electron chi connectivity index (χ1n) is 8.56. The number of hydrogen-bond acceptors (Lipinski definition) is 7. The average molecular weight is 347 g/mol. The van der Waals surface area contributed by atoms with Crippen molar-refractivity contribution >= 4 is 21.6 Å². The summed E-state index contributed by atoms with van der Waals surface area (Å²) >= 11 is 1.37. The van der Waals surface area contributed by atoms with E-state index >= 15 is 0 Å². The van der Waals surface area contributed by atoms with Gasteiger partial charge in [0.05, 0.1) is 0 Å². The fourth-order valence-electron chi connectivity index (χ4n) is 2.96. The van der Waals surface area contributed by atoms with Crippen LogP contribution in [0.5, 0.6) is 5.75 Å². The minimum Gasteiger partial charge on any atom is -0.489 e. The zero-order valence-corrected chi connectivity index (χ0v) is 14.7. The molecule has 1 saturated heterocycles. The Balaban J connectivity index is 1.53. The normalized spacial score (nSPS) is 16.7. The summed E-state index contributed by atoms with van der Waals surface area (Å²) in [5.74, 6) is 0.930. The summed E-state index contributed by atoms with van der Waals surface area (Å²) in [7, 11) is 0. The maximum absolute atomic E-state index is 6.22. The molecule has 0 spiro atoms. The minimum atomic E-state index is 0.156. The number of anilines is 2. The number of nitrogens with two attached hydrogens (primary N) is 1. The van der Waals surface area contributed by atoms with Crippen LogP contribution >= 0.6 is 11.3 Å². The van der Waals surface area contributed by atoms with Crippen LogP contribution < -0.4 is 15.8 Å². The summed E-state index contributed by atoms with van der Waals surface area (Å²) in [5, 5.41) is 12.4. The van der Waals surface area contributed by atoms with E-state index < -0.39 is 0 Å². The number of benzene rings is 1. The molecule has 0 bridgehead atoms. The molecule has 2 aromatic rings. The average Bonchev–Trinajstić information content (AvgIpc) is 3.02. The van der Waals surface area contributed by atoms with Crippen molar-refractivity contribution in [3.8, 4) is 5.75 Å². The zero-order valence-electron chi connectivity index (χ0n) is 13.9. The second kappa shape index (κ2) is 8.84. The second-order valence-corrected chi connectivity index (χ2v) is 7.08. The van der Waals surface area contributed by atoms with E-state index in [4.69, 9.17) is 10.5 Å². The summed E-state index contributed by atoms with van der Waals surface area (Å²) in [4.78, 5) is 2.51. The summed E-state index contributed by atoms with van der Waals surface area (Å²) in [5.41, 5.74) is 5.61. The molecule has 0 amide bonds. The SMILES string of the molecule is Nc1nnc(NCCC(CN2CCCCC2)Oc2ccccc2)s1. The van der Waals surface area contributed by atoms with E-state index in [1.54, 1.807) is 0 Å². The van der Waals surface area contributed by atoms with Crippen LogP contribution in [0.1, 0.15) is 25.7 Å². The lowest BCUT2D eigenvalue weighted by Gasteiger charge is -2.30. The van der Waals surface area contributed by atoms with Gasteiger partial charge >= 0.3 is 0 Å². The van der Waals surface area contributed by atoms with Crippen LogP contribution in [0.2, 0.25) is 0 Å². The Morgan fingerprint density at radius 2 is 1.96 bits per heavy atom. The van der Waals surface area contributed by atoms with Gasteiger partial charge in [-0.25, -0.2) is 0 Å². The number of aromatic nitrogens is 2. The number of rotatable bonds is 8. The molecule has 0 saturated carbocycles. The van der Waals surface area contributed by atoms with Crippen LogP contribution in [0.3, 0.4) is 0 Å². The quantitative estimate of drug-likeness (QED) is 0.765. The van der Waals surface area contributed by atoms with Crippen LogP contribution in [0.4, 0.5) is 10.3 Å². The third kappa shape index (κ3) is 5.35. The standard InChI is InChI=1S/C17H25N5OS/c18-16-20-21-17(24-16)19-10-9-15(13-22-11-5-2-6-12-22)23-14-7-3-1-4-8-14/h1,3-4,7-8,15H,2,5-6,9-13H2,(H2,18,20)(H,19,21). The van der Waals surface area contributed by atoms with Gasteiger partial charge in [0.1, 0.15) is 11.9 Å². The molecule has 0 radical (unpaired) electrons. The molecule has 0 aliphatic carbocycles. The number of piperidine rings is 1. The summed E-state index contributed by atoms with van der Waals surface area (Å²) < 4.78 is 6.22. The molecule has 3 rings (SSSR count). The highest BCUT2D eigenvalue weighted by atomic mass is 32.1. The van der Waals surface area contributed by atoms with Crippen molar-refractivity contribution in [3.63, 3.8) is 0 Å². The summed E-state index contributed by atoms with van der Waals surface area (Å²) in [6.45, 7) is 4.11. The van der Waals surface area contributed by atoms with Gasteiger partial charge in [-0.15, -0.1) is 10.2 Å². The summed E-state index contributed by atoms with van der Waals surface area (Å²) in [6, 6.07) is 10.1. The van der Waals surface area contributed by atoms with Crippen molar-refractivity contribution < 1.29 is 4.74 Å². The van der Waals surface area contributed by atoms with Crippen molar-refractivity contribution in [1.29, 1.82) is 0 Å². The van der Waals surface area contributed by atoms with Gasteiger partial charge in [0, 0.05) is 19.5 Å². The Labute approximate surface area is 147 Å². The Bertz CT molecular complexity index is 600. The lowest BCUT2D eigenvalue weighted by Crippen LogP contribution is -2.39. The van der Waals surface area contributed by atoms with Crippen LogP contribution in [0.25, 0.3) is 0 Å². The Hall–Kier alpha value is -1.86. The van der Waals surface area contributed by atoms with Gasteiger partial charge in [-0.2, -0.15) is 0 Å². The Morgan fingerprint density at radius 3 is 2.67 bits per heavy atom. The van der Waals surface area contributed by atoms with Gasteiger partial charge in [0.15, 0.2) is 0 Å². The van der Waals surface area contributed by atoms with E-state index in [-0.39, 0.29) is 6.10 Å². The zero-order chi connectivity index (χ0) is 16.6. The highest BCUT2D eigenvalue weighted by Gasteiger charge is 2.18. The topological polar surface area (TPSA) is 76.3 Å². The molecule has 24 heavy (non-hydrogen) atoms. The van der Waals surface area contributed by atoms with Crippen molar-refractivity contribution in [1.82, 2.24) is 15.1 Å². The molecule has 2 heterocycles. The number of nitrogen functional groups attached to an aromatic ring is 1. The molecule has 1 fully saturated rings. The third-order valence-electron chi connectivity index (χ3n) is 4.14. The minimum absolute atomic E-state index is 0.156. The Morgan fingerprint density at radius 1 is 1.17 bits per heavy atom. The maximum atomic E-state index is 6.22. The van der Waals surface area contributed by atoms with Gasteiger partial charge in [-0.3, -0.25) is 4.90 Å². The lowest BCUT2D eigenvalue weighted by atomic mass is 10.1. The highest BCUT2D eigenvalue weighted by Crippen LogP contribution is 2.18. The van der Waals surface area contributed by atoms with E-state index in [9.17, 15) is 0 Å². The predicted molar refractivity (Wildman–Crippen MR) is 98.6 cm³/mol. The van der Waals surface area contributed by atoms with Crippen LogP contribution in [-0.2, 0) is 0 Å². The fraction of sp³-hybridized carbons (Fsp3) is 0.529. The molecule has 1 aromatic heterocycles. The van der Waals surface area contributed by atoms with Crippen molar-refractivity contribution in [2.24, 2.45) is 0 Å². The second-order valence-electron chi connectivity index (χ2n) is 6.08. The van der Waals surface area contributed by atoms with Gasteiger partial charge < -0.3 is 15.8 Å². The number of ether oxygens (including phenoxy) is 1. The molecule has 6 nitrogen and oxygen atoms in total. The number of para-hydroxylation sites is 1. The molecule has 3 N–H and O–H groups in total.